The standard InChI is InChI=1S/C15H13NO5/c17-7-6-11-14(16-12(18)8-13(16)21-11)15(19)20-9-10-4-2-1-3-5-10/h1-7,13-14H,8-9H2/b11-6-/t13-,14-/m1/s1. The van der Waals surface area contributed by atoms with Crippen molar-refractivity contribution in [3.8, 4) is 0 Å². The molecule has 0 N–H and O–H groups in total. The Balaban J connectivity index is 1.71. The van der Waals surface area contributed by atoms with Crippen LogP contribution in [0, 0.1) is 0 Å². The van der Waals surface area contributed by atoms with Crippen molar-refractivity contribution in [1.82, 2.24) is 4.90 Å². The lowest BCUT2D eigenvalue weighted by atomic mass is 10.1. The number of esters is 1. The molecule has 2 atom stereocenters. The van der Waals surface area contributed by atoms with Crippen molar-refractivity contribution < 1.29 is 23.9 Å². The fourth-order valence-electron chi connectivity index (χ4n) is 2.40. The Morgan fingerprint density at radius 3 is 2.81 bits per heavy atom. The quantitative estimate of drug-likeness (QED) is 0.354. The second-order valence-corrected chi connectivity index (χ2v) is 4.78. The number of carbonyl (C=O) groups is 3. The monoisotopic (exact) mass is 287 g/mol. The number of fused-ring (bicyclic) bond motifs is 1. The van der Waals surface area contributed by atoms with Crippen LogP contribution in [0.4, 0.5) is 0 Å². The van der Waals surface area contributed by atoms with Crippen LogP contribution in [0.5, 0.6) is 0 Å². The van der Waals surface area contributed by atoms with Gasteiger partial charge >= 0.3 is 5.97 Å². The van der Waals surface area contributed by atoms with Crippen molar-refractivity contribution in [3.05, 3.63) is 47.7 Å². The number of aldehydes is 1. The van der Waals surface area contributed by atoms with Crippen LogP contribution in [0.15, 0.2) is 42.2 Å². The highest BCUT2D eigenvalue weighted by Gasteiger charge is 2.54. The summed E-state index contributed by atoms with van der Waals surface area (Å²) in [6.07, 6.45) is 1.44. The lowest BCUT2D eigenvalue weighted by Crippen LogP contribution is -2.55. The van der Waals surface area contributed by atoms with Crippen molar-refractivity contribution in [2.24, 2.45) is 0 Å². The molecule has 21 heavy (non-hydrogen) atoms. The summed E-state index contributed by atoms with van der Waals surface area (Å²) in [6, 6.07) is 8.26. The number of hydrogen-bond donors (Lipinski definition) is 0. The molecule has 1 aromatic rings. The highest BCUT2D eigenvalue weighted by molar-refractivity contribution is 5.92. The van der Waals surface area contributed by atoms with Crippen LogP contribution in [-0.4, -0.2) is 35.3 Å². The fourth-order valence-corrected chi connectivity index (χ4v) is 2.40. The van der Waals surface area contributed by atoms with Gasteiger partial charge in [0.1, 0.15) is 18.7 Å². The average molecular weight is 287 g/mol. The molecular formula is C15H13NO5. The summed E-state index contributed by atoms with van der Waals surface area (Å²) >= 11 is 0. The third-order valence-electron chi connectivity index (χ3n) is 3.45. The Bertz CT molecular complexity index is 610. The molecule has 0 bridgehead atoms. The second kappa shape index (κ2) is 5.40. The zero-order chi connectivity index (χ0) is 14.8. The lowest BCUT2D eigenvalue weighted by Gasteiger charge is -2.33. The van der Waals surface area contributed by atoms with E-state index in [4.69, 9.17) is 9.47 Å². The molecule has 6 nitrogen and oxygen atoms in total. The minimum Gasteiger partial charge on any atom is -0.471 e. The molecule has 2 aliphatic rings. The molecule has 2 saturated heterocycles. The molecule has 2 aliphatic heterocycles. The van der Waals surface area contributed by atoms with Gasteiger partial charge in [0.25, 0.3) is 0 Å². The molecule has 1 amide bonds. The van der Waals surface area contributed by atoms with E-state index >= 15 is 0 Å². The first-order valence-corrected chi connectivity index (χ1v) is 6.54. The predicted molar refractivity (Wildman–Crippen MR) is 70.5 cm³/mol. The van der Waals surface area contributed by atoms with Crippen LogP contribution < -0.4 is 0 Å². The van der Waals surface area contributed by atoms with E-state index in [1.54, 1.807) is 0 Å². The minimum absolute atomic E-state index is 0.108. The van der Waals surface area contributed by atoms with Gasteiger partial charge in [-0.1, -0.05) is 30.3 Å². The summed E-state index contributed by atoms with van der Waals surface area (Å²) in [4.78, 5) is 35.7. The van der Waals surface area contributed by atoms with Gasteiger partial charge in [-0.15, -0.1) is 0 Å². The van der Waals surface area contributed by atoms with Crippen LogP contribution in [-0.2, 0) is 30.5 Å². The molecule has 0 saturated carbocycles. The molecule has 0 aliphatic carbocycles. The summed E-state index contributed by atoms with van der Waals surface area (Å²) in [7, 11) is 0. The van der Waals surface area contributed by atoms with E-state index in [0.717, 1.165) is 11.6 Å². The van der Waals surface area contributed by atoms with Crippen LogP contribution in [0.2, 0.25) is 0 Å². The van der Waals surface area contributed by atoms with Gasteiger partial charge in [-0.3, -0.25) is 14.5 Å². The number of hydrogen-bond acceptors (Lipinski definition) is 5. The fraction of sp³-hybridized carbons (Fsp3) is 0.267. The normalized spacial score (nSPS) is 25.0. The number of rotatable bonds is 4. The van der Waals surface area contributed by atoms with Crippen molar-refractivity contribution in [2.45, 2.75) is 25.3 Å². The molecule has 0 radical (unpaired) electrons. The number of amides is 1. The number of ether oxygens (including phenoxy) is 2. The number of benzene rings is 1. The summed E-state index contributed by atoms with van der Waals surface area (Å²) in [6.45, 7) is 0.108. The molecule has 2 heterocycles. The lowest BCUT2D eigenvalue weighted by molar-refractivity contribution is -0.166. The topological polar surface area (TPSA) is 72.9 Å². The van der Waals surface area contributed by atoms with E-state index in [2.05, 4.69) is 0 Å². The predicted octanol–water partition coefficient (Wildman–Crippen LogP) is 0.770. The molecule has 3 rings (SSSR count). The summed E-state index contributed by atoms with van der Waals surface area (Å²) in [5.74, 6) is -0.614. The van der Waals surface area contributed by atoms with Crippen LogP contribution in [0.1, 0.15) is 12.0 Å². The Labute approximate surface area is 120 Å². The first-order valence-electron chi connectivity index (χ1n) is 6.54. The van der Waals surface area contributed by atoms with E-state index in [1.807, 2.05) is 30.3 Å². The first-order chi connectivity index (χ1) is 10.2. The van der Waals surface area contributed by atoms with Crippen LogP contribution in [0.25, 0.3) is 0 Å². The summed E-state index contributed by atoms with van der Waals surface area (Å²) in [5.41, 5.74) is 0.845. The zero-order valence-corrected chi connectivity index (χ0v) is 11.1. The van der Waals surface area contributed by atoms with E-state index in [9.17, 15) is 14.4 Å². The maximum Gasteiger partial charge on any atom is 0.337 e. The highest BCUT2D eigenvalue weighted by Crippen LogP contribution is 2.36. The maximum atomic E-state index is 12.2. The van der Waals surface area contributed by atoms with Gasteiger partial charge < -0.3 is 9.47 Å². The van der Waals surface area contributed by atoms with Gasteiger partial charge in [0, 0.05) is 6.08 Å². The SMILES string of the molecule is O=C/C=C1\O[C@@H]2CC(=O)N2[C@H]1C(=O)OCc1ccccc1. The Kier molecular flexibility index (Phi) is 3.43. The van der Waals surface area contributed by atoms with Gasteiger partial charge in [0.05, 0.1) is 6.42 Å². The van der Waals surface area contributed by atoms with Gasteiger partial charge in [0.2, 0.25) is 5.91 Å². The maximum absolute atomic E-state index is 12.2. The third-order valence-corrected chi connectivity index (χ3v) is 3.45. The number of nitrogens with zero attached hydrogens (tertiary/aromatic N) is 1. The molecule has 0 unspecified atom stereocenters. The minimum atomic E-state index is -0.954. The van der Waals surface area contributed by atoms with Crippen molar-refractivity contribution in [1.29, 1.82) is 0 Å². The molecule has 0 aromatic heterocycles. The Hall–Kier alpha value is -2.63. The molecule has 6 heteroatoms. The van der Waals surface area contributed by atoms with E-state index in [0.29, 0.717) is 6.29 Å². The van der Waals surface area contributed by atoms with Crippen molar-refractivity contribution in [2.75, 3.05) is 0 Å². The van der Waals surface area contributed by atoms with Crippen molar-refractivity contribution in [3.63, 3.8) is 0 Å². The first kappa shape index (κ1) is 13.4. The molecule has 1 aromatic carbocycles. The molecule has 2 fully saturated rings. The van der Waals surface area contributed by atoms with E-state index in [1.165, 1.54) is 4.90 Å². The largest absolute Gasteiger partial charge is 0.471 e. The smallest absolute Gasteiger partial charge is 0.337 e. The number of β-lactam (4-membered cyclic amide) rings is 1. The molecule has 108 valence electrons. The molecular weight excluding hydrogens is 274 g/mol. The van der Waals surface area contributed by atoms with Gasteiger partial charge in [-0.25, -0.2) is 4.79 Å². The second-order valence-electron chi connectivity index (χ2n) is 4.78. The van der Waals surface area contributed by atoms with Crippen LogP contribution >= 0.6 is 0 Å². The number of allylic oxidation sites excluding steroid dienone is 1. The highest BCUT2D eigenvalue weighted by atomic mass is 16.6. The van der Waals surface area contributed by atoms with Gasteiger partial charge in [-0.2, -0.15) is 0 Å². The van der Waals surface area contributed by atoms with Gasteiger partial charge in [0.15, 0.2) is 12.3 Å². The summed E-state index contributed by atoms with van der Waals surface area (Å²) in [5, 5.41) is 0. The van der Waals surface area contributed by atoms with E-state index in [-0.39, 0.29) is 24.7 Å². The van der Waals surface area contributed by atoms with Crippen molar-refractivity contribution >= 4 is 18.2 Å². The molecule has 0 spiro atoms. The third kappa shape index (κ3) is 2.40. The average Bonchev–Trinajstić information content (AvgIpc) is 2.79. The van der Waals surface area contributed by atoms with E-state index < -0.39 is 18.2 Å². The van der Waals surface area contributed by atoms with Crippen LogP contribution in [0.3, 0.4) is 0 Å². The zero-order valence-electron chi connectivity index (χ0n) is 11.1. The summed E-state index contributed by atoms with van der Waals surface area (Å²) < 4.78 is 10.6. The van der Waals surface area contributed by atoms with Gasteiger partial charge in [-0.05, 0) is 5.56 Å². The Morgan fingerprint density at radius 1 is 1.38 bits per heavy atom. The Morgan fingerprint density at radius 2 is 2.14 bits per heavy atom. The number of carbonyl (C=O) groups excluding carboxylic acids is 3.